The van der Waals surface area contributed by atoms with Crippen molar-refractivity contribution in [2.24, 2.45) is 0 Å². The molecule has 1 aliphatic heterocycles. The summed E-state index contributed by atoms with van der Waals surface area (Å²) < 4.78 is 39.4. The molecule has 4 heterocycles. The van der Waals surface area contributed by atoms with Crippen molar-refractivity contribution in [1.82, 2.24) is 30.2 Å². The first kappa shape index (κ1) is 31.3. The number of nitrogens with one attached hydrogen (secondary N) is 4. The first-order chi connectivity index (χ1) is 20.1. The lowest BCUT2D eigenvalue weighted by Crippen LogP contribution is -2.31. The Morgan fingerprint density at radius 3 is 2.62 bits per heavy atom. The zero-order chi connectivity index (χ0) is 30.3. The maximum absolute atomic E-state index is 13.1. The van der Waals surface area contributed by atoms with Gasteiger partial charge in [-0.1, -0.05) is 18.0 Å². The third kappa shape index (κ3) is 7.98. The minimum absolute atomic E-state index is 0.00850. The number of likely N-dealkylation sites (tertiary alicyclic amines) is 1. The molecule has 4 N–H and O–H groups in total. The number of carbonyl (C=O) groups excluding carboxylic acids is 2. The number of carbonyl (C=O) groups is 2. The smallest absolute Gasteiger partial charge is 0.369 e. The van der Waals surface area contributed by atoms with Crippen molar-refractivity contribution in [3.8, 4) is 0 Å². The molecule has 224 valence electrons. The standard InChI is InChI=1S/C26H29ClF3N9O2S/c1-15(25-34-13-19(42-25)23(40)38-20-10-17(26(28,29)30)18(27)12-33-20)37-24(41)21-16(11-31)22(36-14-35-21)32-6-5-9-39-7-3-2-4-8-39/h10-15,31H,2-9H2,1H3,(H,37,41)(H,32,35,36)(H,33,38,40). The summed E-state index contributed by atoms with van der Waals surface area (Å²) >= 11 is 6.53. The summed E-state index contributed by atoms with van der Waals surface area (Å²) in [6.45, 7) is 5.45. The number of amides is 2. The summed E-state index contributed by atoms with van der Waals surface area (Å²) in [7, 11) is 0. The minimum Gasteiger partial charge on any atom is -0.369 e. The summed E-state index contributed by atoms with van der Waals surface area (Å²) in [5.41, 5.74) is -0.872. The average molecular weight is 624 g/mol. The van der Waals surface area contributed by atoms with Crippen LogP contribution in [0.4, 0.5) is 24.8 Å². The third-order valence-corrected chi connectivity index (χ3v) is 7.98. The largest absolute Gasteiger partial charge is 0.418 e. The lowest BCUT2D eigenvalue weighted by Gasteiger charge is -2.26. The lowest BCUT2D eigenvalue weighted by molar-refractivity contribution is -0.137. The number of halogens is 4. The van der Waals surface area contributed by atoms with Crippen LogP contribution in [-0.2, 0) is 6.18 Å². The number of hydrogen-bond donors (Lipinski definition) is 4. The molecule has 2 amide bonds. The van der Waals surface area contributed by atoms with Crippen molar-refractivity contribution >= 4 is 52.6 Å². The van der Waals surface area contributed by atoms with Gasteiger partial charge in [-0.2, -0.15) is 13.2 Å². The number of nitrogens with zero attached hydrogens (tertiary/aromatic N) is 5. The number of pyridine rings is 1. The molecule has 1 unspecified atom stereocenters. The first-order valence-corrected chi connectivity index (χ1v) is 14.4. The number of aromatic nitrogens is 4. The maximum Gasteiger partial charge on any atom is 0.418 e. The molecule has 0 bridgehead atoms. The molecular formula is C26H29ClF3N9O2S. The third-order valence-electron chi connectivity index (χ3n) is 6.50. The SMILES string of the molecule is CC(NC(=O)c1ncnc(NCCCN2CCCCC2)c1C=N)c1ncc(C(=O)Nc2cc(C(F)(F)F)c(Cl)cn2)s1. The van der Waals surface area contributed by atoms with Gasteiger partial charge in [0, 0.05) is 19.0 Å². The van der Waals surface area contributed by atoms with Crippen LogP contribution in [0.5, 0.6) is 0 Å². The van der Waals surface area contributed by atoms with Crippen molar-refractivity contribution in [1.29, 1.82) is 5.41 Å². The molecule has 0 spiro atoms. The van der Waals surface area contributed by atoms with E-state index in [0.717, 1.165) is 49.8 Å². The molecule has 11 nitrogen and oxygen atoms in total. The predicted molar refractivity (Wildman–Crippen MR) is 154 cm³/mol. The molecule has 1 saturated heterocycles. The Kier molecular flexibility index (Phi) is 10.4. The van der Waals surface area contributed by atoms with Gasteiger partial charge in [0.15, 0.2) is 0 Å². The van der Waals surface area contributed by atoms with Crippen LogP contribution in [0, 0.1) is 5.41 Å². The van der Waals surface area contributed by atoms with E-state index in [0.29, 0.717) is 23.4 Å². The van der Waals surface area contributed by atoms with E-state index in [1.165, 1.54) is 31.8 Å². The van der Waals surface area contributed by atoms with Gasteiger partial charge in [-0.25, -0.2) is 19.9 Å². The summed E-state index contributed by atoms with van der Waals surface area (Å²) in [5, 5.41) is 15.9. The molecule has 0 saturated carbocycles. The number of anilines is 2. The van der Waals surface area contributed by atoms with E-state index in [4.69, 9.17) is 17.0 Å². The van der Waals surface area contributed by atoms with Gasteiger partial charge in [0.05, 0.1) is 28.4 Å². The van der Waals surface area contributed by atoms with Gasteiger partial charge in [0.1, 0.15) is 33.5 Å². The molecule has 42 heavy (non-hydrogen) atoms. The molecular weight excluding hydrogens is 595 g/mol. The van der Waals surface area contributed by atoms with E-state index in [-0.39, 0.29) is 22.0 Å². The molecule has 0 aliphatic carbocycles. The van der Waals surface area contributed by atoms with Crippen LogP contribution >= 0.6 is 22.9 Å². The highest BCUT2D eigenvalue weighted by atomic mass is 35.5. The Morgan fingerprint density at radius 2 is 1.90 bits per heavy atom. The lowest BCUT2D eigenvalue weighted by atomic mass is 10.1. The summed E-state index contributed by atoms with van der Waals surface area (Å²) in [4.78, 5) is 44.4. The quantitative estimate of drug-likeness (QED) is 0.172. The molecule has 0 aromatic carbocycles. The fourth-order valence-corrected chi connectivity index (χ4v) is 5.39. The van der Waals surface area contributed by atoms with E-state index < -0.39 is 34.6 Å². The Balaban J connectivity index is 1.36. The normalized spacial score (nSPS) is 14.7. The van der Waals surface area contributed by atoms with E-state index in [2.05, 4.69) is 40.8 Å². The van der Waals surface area contributed by atoms with Crippen molar-refractivity contribution in [2.45, 2.75) is 44.8 Å². The highest BCUT2D eigenvalue weighted by molar-refractivity contribution is 7.13. The van der Waals surface area contributed by atoms with E-state index in [9.17, 15) is 22.8 Å². The fraction of sp³-hybridized carbons (Fsp3) is 0.423. The van der Waals surface area contributed by atoms with Crippen molar-refractivity contribution in [2.75, 3.05) is 36.8 Å². The van der Waals surface area contributed by atoms with Gasteiger partial charge < -0.3 is 26.3 Å². The van der Waals surface area contributed by atoms with Gasteiger partial charge in [0.25, 0.3) is 11.8 Å². The number of piperidine rings is 1. The van der Waals surface area contributed by atoms with Crippen molar-refractivity contribution < 1.29 is 22.8 Å². The van der Waals surface area contributed by atoms with Crippen LogP contribution in [-0.4, -0.2) is 69.0 Å². The Bertz CT molecular complexity index is 1430. The molecule has 1 atom stereocenters. The van der Waals surface area contributed by atoms with Crippen LogP contribution in [0.15, 0.2) is 24.8 Å². The van der Waals surface area contributed by atoms with E-state index in [1.807, 2.05) is 0 Å². The van der Waals surface area contributed by atoms with Crippen LogP contribution in [0.3, 0.4) is 0 Å². The molecule has 4 rings (SSSR count). The fourth-order valence-electron chi connectivity index (χ4n) is 4.37. The second kappa shape index (κ2) is 14.0. The topological polar surface area (TPSA) is 149 Å². The van der Waals surface area contributed by atoms with Gasteiger partial charge in [-0.05, 0) is 51.9 Å². The highest BCUT2D eigenvalue weighted by Gasteiger charge is 2.34. The zero-order valence-electron chi connectivity index (χ0n) is 22.6. The summed E-state index contributed by atoms with van der Waals surface area (Å²) in [5.74, 6) is -1.23. The Morgan fingerprint density at radius 1 is 1.14 bits per heavy atom. The Labute approximate surface area is 248 Å². The summed E-state index contributed by atoms with van der Waals surface area (Å²) in [6.07, 6.45) is 4.21. The predicted octanol–water partition coefficient (Wildman–Crippen LogP) is 5.03. The summed E-state index contributed by atoms with van der Waals surface area (Å²) in [6, 6.07) is -0.00472. The monoisotopic (exact) mass is 623 g/mol. The molecule has 0 radical (unpaired) electrons. The minimum atomic E-state index is -4.71. The molecule has 3 aromatic rings. The van der Waals surface area contributed by atoms with E-state index in [1.54, 1.807) is 6.92 Å². The first-order valence-electron chi connectivity index (χ1n) is 13.2. The highest BCUT2D eigenvalue weighted by Crippen LogP contribution is 2.35. The number of alkyl halides is 3. The van der Waals surface area contributed by atoms with Crippen LogP contribution in [0.1, 0.15) is 74.9 Å². The van der Waals surface area contributed by atoms with Gasteiger partial charge in [0.2, 0.25) is 0 Å². The number of hydrogen-bond acceptors (Lipinski definition) is 10. The maximum atomic E-state index is 13.1. The molecule has 1 fully saturated rings. The second-order valence-corrected chi connectivity index (χ2v) is 11.0. The van der Waals surface area contributed by atoms with Crippen LogP contribution < -0.4 is 16.0 Å². The number of thiazole rings is 1. The van der Waals surface area contributed by atoms with E-state index >= 15 is 0 Å². The zero-order valence-corrected chi connectivity index (χ0v) is 24.2. The van der Waals surface area contributed by atoms with Gasteiger partial charge in [-0.3, -0.25) is 9.59 Å². The van der Waals surface area contributed by atoms with Crippen molar-refractivity contribution in [3.05, 3.63) is 56.5 Å². The van der Waals surface area contributed by atoms with Crippen LogP contribution in [0.2, 0.25) is 5.02 Å². The van der Waals surface area contributed by atoms with Gasteiger partial charge >= 0.3 is 6.18 Å². The molecule has 16 heteroatoms. The second-order valence-electron chi connectivity index (χ2n) is 9.57. The Hall–Kier alpha value is -3.69. The average Bonchev–Trinajstić information content (AvgIpc) is 3.47. The number of rotatable bonds is 11. The van der Waals surface area contributed by atoms with Gasteiger partial charge in [-0.15, -0.1) is 11.3 Å². The molecule has 1 aliphatic rings. The van der Waals surface area contributed by atoms with Crippen LogP contribution in [0.25, 0.3) is 0 Å². The molecule has 3 aromatic heterocycles. The van der Waals surface area contributed by atoms with Crippen molar-refractivity contribution in [3.63, 3.8) is 0 Å².